The molecule has 4 aromatic rings. The van der Waals surface area contributed by atoms with Crippen molar-refractivity contribution in [2.75, 3.05) is 22.4 Å². The van der Waals surface area contributed by atoms with E-state index < -0.39 is 25.9 Å². The number of allylic oxidation sites excluding steroid dienone is 2. The minimum atomic E-state index is -4.30. The molecule has 4 aromatic heterocycles. The van der Waals surface area contributed by atoms with E-state index in [1.54, 1.807) is 36.4 Å². The van der Waals surface area contributed by atoms with E-state index in [1.165, 1.54) is 26.0 Å². The van der Waals surface area contributed by atoms with Crippen LogP contribution in [0, 0.1) is 13.8 Å². The van der Waals surface area contributed by atoms with E-state index in [0.717, 1.165) is 20.1 Å². The number of rotatable bonds is 4. The zero-order valence-corrected chi connectivity index (χ0v) is 26.4. The number of fused-ring (bicyclic) bond motifs is 6. The highest BCUT2D eigenvalue weighted by atomic mass is 35.5. The average molecular weight is 679 g/mol. The number of pyridine rings is 4. The Balaban J connectivity index is 0.000000181. The first-order chi connectivity index (χ1) is 21.6. The summed E-state index contributed by atoms with van der Waals surface area (Å²) >= 11 is 10.9. The highest BCUT2D eigenvalue weighted by Crippen LogP contribution is 2.27. The quantitative estimate of drug-likeness (QED) is 0.174. The van der Waals surface area contributed by atoms with Crippen molar-refractivity contribution < 1.29 is 45.1 Å². The summed E-state index contributed by atoms with van der Waals surface area (Å²) < 4.78 is 68.5. The fourth-order valence-corrected chi connectivity index (χ4v) is 5.38. The molecule has 0 bridgehead atoms. The third kappa shape index (κ3) is 6.44. The Morgan fingerprint density at radius 2 is 1.09 bits per heavy atom. The number of anilines is 2. The van der Waals surface area contributed by atoms with Crippen LogP contribution in [0.15, 0.2) is 47.9 Å². The molecular formula is C28H26B2Cl2F4N6O4. The molecule has 2 aliphatic rings. The van der Waals surface area contributed by atoms with Crippen molar-refractivity contribution in [3.8, 4) is 0 Å². The molecule has 0 aromatic carbocycles. The first-order valence-electron chi connectivity index (χ1n) is 13.8. The number of carbonyl (C=O) groups is 2. The van der Waals surface area contributed by atoms with Crippen LogP contribution in [0.5, 0.6) is 0 Å². The Bertz CT molecular complexity index is 1860. The molecule has 0 atom stereocenters. The molecule has 0 aliphatic carbocycles. The molecule has 0 radical (unpaired) electrons. The predicted octanol–water partition coefficient (Wildman–Crippen LogP) is 5.24. The second kappa shape index (κ2) is 12.4. The standard InChI is InChI=1S/2C14H13BClF2N3O2/c2*1-8-5-10-6-9(2)23-15(17,18)21(10)14-11(8)3-4-12(20-14)19-13(22)7-16/h2*3-6H,7H2,1-2H3,(H,19,20,22). The predicted molar refractivity (Wildman–Crippen MR) is 168 cm³/mol. The molecule has 240 valence electrons. The van der Waals surface area contributed by atoms with Gasteiger partial charge in [-0.3, -0.25) is 20.2 Å². The minimum absolute atomic E-state index is 0.0427. The molecule has 46 heavy (non-hydrogen) atoms. The van der Waals surface area contributed by atoms with Crippen molar-refractivity contribution >= 4 is 94.9 Å². The maximum absolute atomic E-state index is 14.4. The van der Waals surface area contributed by atoms with Gasteiger partial charge in [-0.2, -0.15) is 0 Å². The number of nitrogens with zero attached hydrogens (tertiary/aromatic N) is 4. The van der Waals surface area contributed by atoms with Gasteiger partial charge in [-0.05, 0) is 73.1 Å². The Kier molecular flexibility index (Phi) is 8.88. The maximum atomic E-state index is 14.4. The summed E-state index contributed by atoms with van der Waals surface area (Å²) in [6.07, 6.45) is 3.05. The Morgan fingerprint density at radius 1 is 0.717 bits per heavy atom. The summed E-state index contributed by atoms with van der Waals surface area (Å²) in [6, 6.07) is 9.66. The lowest BCUT2D eigenvalue weighted by molar-refractivity contribution is -0.560. The van der Waals surface area contributed by atoms with Crippen molar-refractivity contribution in [2.45, 2.75) is 27.7 Å². The Morgan fingerprint density at radius 3 is 1.43 bits per heavy atom. The summed E-state index contributed by atoms with van der Waals surface area (Å²) in [5.74, 6) is -0.833. The number of aryl methyl sites for hydroxylation is 2. The molecule has 2 N–H and O–H groups in total. The second-order valence-corrected chi connectivity index (χ2v) is 11.1. The highest BCUT2D eigenvalue weighted by molar-refractivity contribution is 6.51. The number of hydrogen-bond donors (Lipinski definition) is 2. The van der Waals surface area contributed by atoms with Crippen LogP contribution < -0.4 is 19.6 Å². The Hall–Kier alpha value is -4.43. The van der Waals surface area contributed by atoms with Gasteiger partial charge in [0.15, 0.2) is 0 Å². The molecule has 18 heteroatoms. The average Bonchev–Trinajstić information content (AvgIpc) is 2.95. The summed E-state index contributed by atoms with van der Waals surface area (Å²) in [7, 11) is -8.59. The molecule has 0 unspecified atom stereocenters. The fraction of sp³-hybridized carbons (Fsp3) is 0.214. The maximum Gasteiger partial charge on any atom is 0.734 e. The van der Waals surface area contributed by atoms with Crippen LogP contribution >= 0.6 is 23.2 Å². The van der Waals surface area contributed by atoms with E-state index >= 15 is 0 Å². The lowest BCUT2D eigenvalue weighted by Crippen LogP contribution is -2.64. The van der Waals surface area contributed by atoms with Crippen LogP contribution in [0.4, 0.5) is 28.9 Å². The van der Waals surface area contributed by atoms with Gasteiger partial charge in [0, 0.05) is 24.3 Å². The summed E-state index contributed by atoms with van der Waals surface area (Å²) in [5, 5.41) is 6.02. The summed E-state index contributed by atoms with van der Waals surface area (Å²) in [4.78, 5) is 31.1. The first-order valence-corrected chi connectivity index (χ1v) is 14.9. The number of carbonyl (C=O) groups excluding carboxylic acids is 2. The number of amides is 2. The number of hydrogen-bond acceptors (Lipinski definition) is 6. The van der Waals surface area contributed by atoms with E-state index in [0.29, 0.717) is 22.2 Å². The van der Waals surface area contributed by atoms with Gasteiger partial charge in [0.2, 0.25) is 23.5 Å². The van der Waals surface area contributed by atoms with Crippen molar-refractivity contribution in [3.63, 3.8) is 0 Å². The molecule has 0 spiro atoms. The van der Waals surface area contributed by atoms with Crippen LogP contribution in [-0.2, 0) is 18.9 Å². The molecule has 6 heterocycles. The third-order valence-corrected chi connectivity index (χ3v) is 7.56. The van der Waals surface area contributed by atoms with E-state index in [-0.39, 0.29) is 46.2 Å². The molecule has 10 nitrogen and oxygen atoms in total. The zero-order chi connectivity index (χ0) is 33.6. The summed E-state index contributed by atoms with van der Waals surface area (Å²) in [6.45, 7) is 6.57. The van der Waals surface area contributed by atoms with Gasteiger partial charge in [0.1, 0.15) is 11.8 Å². The number of alkyl halides is 2. The van der Waals surface area contributed by atoms with Gasteiger partial charge in [-0.25, -0.2) is 0 Å². The van der Waals surface area contributed by atoms with Gasteiger partial charge < -0.3 is 35.5 Å². The van der Waals surface area contributed by atoms with Crippen LogP contribution in [-0.4, -0.2) is 47.6 Å². The van der Waals surface area contributed by atoms with Crippen LogP contribution in [0.25, 0.3) is 34.2 Å². The van der Waals surface area contributed by atoms with Crippen LogP contribution in [0.1, 0.15) is 36.4 Å². The number of nitrogens with one attached hydrogen (secondary N) is 2. The van der Waals surface area contributed by atoms with Crippen molar-refractivity contribution in [1.29, 1.82) is 0 Å². The van der Waals surface area contributed by atoms with Crippen molar-refractivity contribution in [1.82, 2.24) is 9.97 Å². The van der Waals surface area contributed by atoms with Gasteiger partial charge >= 0.3 is 14.1 Å². The molecule has 6 rings (SSSR count). The zero-order valence-electron chi connectivity index (χ0n) is 24.9. The molecular weight excluding hydrogens is 653 g/mol. The smallest absolute Gasteiger partial charge is 0.626 e. The molecule has 0 fully saturated rings. The van der Waals surface area contributed by atoms with Gasteiger partial charge in [-0.1, -0.05) is 0 Å². The van der Waals surface area contributed by atoms with Crippen LogP contribution in [0.3, 0.4) is 0 Å². The lowest BCUT2D eigenvalue weighted by atomic mass is 9.97. The van der Waals surface area contributed by atoms with Crippen LogP contribution in [0.2, 0.25) is 0 Å². The fourth-order valence-electron chi connectivity index (χ4n) is 5.25. The molecule has 2 amide bonds. The molecule has 0 saturated heterocycles. The monoisotopic (exact) mass is 678 g/mol. The van der Waals surface area contributed by atoms with E-state index in [9.17, 15) is 26.9 Å². The summed E-state index contributed by atoms with van der Waals surface area (Å²) in [5.41, 5.74) is 2.29. The normalized spacial score (nSPS) is 15.6. The van der Waals surface area contributed by atoms with Gasteiger partial charge in [0.05, 0.1) is 33.7 Å². The second-order valence-electron chi connectivity index (χ2n) is 10.6. The third-order valence-electron chi connectivity index (χ3n) is 7.08. The van der Waals surface area contributed by atoms with Gasteiger partial charge in [0.25, 0.3) is 11.3 Å². The van der Waals surface area contributed by atoms with Crippen molar-refractivity contribution in [2.24, 2.45) is 0 Å². The van der Waals surface area contributed by atoms with E-state index in [1.807, 2.05) is 13.8 Å². The number of aromatic nitrogens is 4. The number of halogens is 6. The minimum Gasteiger partial charge on any atom is -0.626 e. The SMILES string of the molecule is CC1=Cc2cc(C)c3ccc(NC(=O)CCl)nc3[n+]2[B-](F)(F)O1.CC1=Cc2cc(C)c3ccc(NC(=O)CCl)nc3[n+]2[B-](F)(F)O1. The van der Waals surface area contributed by atoms with E-state index in [4.69, 9.17) is 32.5 Å². The van der Waals surface area contributed by atoms with Gasteiger partial charge in [-0.15, -0.1) is 23.2 Å². The Labute approximate surface area is 270 Å². The van der Waals surface area contributed by atoms with E-state index in [2.05, 4.69) is 20.6 Å². The lowest BCUT2D eigenvalue weighted by Gasteiger charge is -2.30. The molecule has 2 aliphatic heterocycles. The largest absolute Gasteiger partial charge is 0.734 e. The first kappa shape index (κ1) is 32.9. The topological polar surface area (TPSA) is 110 Å². The molecule has 0 saturated carbocycles. The highest BCUT2D eigenvalue weighted by Gasteiger charge is 2.46. The van der Waals surface area contributed by atoms with Crippen molar-refractivity contribution in [3.05, 3.63) is 70.4 Å².